The summed E-state index contributed by atoms with van der Waals surface area (Å²) in [7, 11) is 7.40. The zero-order valence-corrected chi connectivity index (χ0v) is 15.4. The minimum absolute atomic E-state index is 0.0475. The second-order valence-electron chi connectivity index (χ2n) is 6.78. The van der Waals surface area contributed by atoms with Gasteiger partial charge in [-0.2, -0.15) is 0 Å². The average molecular weight is 334 g/mol. The first-order chi connectivity index (χ1) is 11.5. The number of rotatable bonds is 6. The van der Waals surface area contributed by atoms with Crippen molar-refractivity contribution in [3.8, 4) is 11.5 Å². The van der Waals surface area contributed by atoms with Crippen molar-refractivity contribution in [1.29, 1.82) is 0 Å². The first kappa shape index (κ1) is 18.6. The average Bonchev–Trinajstić information content (AvgIpc) is 2.85. The molecule has 1 saturated carbocycles. The van der Waals surface area contributed by atoms with Gasteiger partial charge in [-0.05, 0) is 39.1 Å². The molecule has 1 aromatic rings. The molecule has 0 bridgehead atoms. The number of hydrogen-bond donors (Lipinski definition) is 1. The largest absolute Gasteiger partial charge is 0.497 e. The van der Waals surface area contributed by atoms with Crippen molar-refractivity contribution < 1.29 is 14.3 Å². The van der Waals surface area contributed by atoms with Crippen molar-refractivity contribution in [2.24, 2.45) is 0 Å². The topological polar surface area (TPSA) is 50.8 Å². The van der Waals surface area contributed by atoms with Crippen LogP contribution in [0.4, 0.5) is 0 Å². The van der Waals surface area contributed by atoms with Gasteiger partial charge < -0.3 is 19.7 Å². The molecule has 5 nitrogen and oxygen atoms in total. The van der Waals surface area contributed by atoms with Crippen molar-refractivity contribution in [1.82, 2.24) is 10.2 Å². The Bertz CT molecular complexity index is 550. The van der Waals surface area contributed by atoms with Crippen LogP contribution in [-0.4, -0.2) is 51.2 Å². The summed E-state index contributed by atoms with van der Waals surface area (Å²) in [6.07, 6.45) is 7.27. The van der Waals surface area contributed by atoms with E-state index in [1.54, 1.807) is 32.4 Å². The molecule has 0 aliphatic heterocycles. The predicted molar refractivity (Wildman–Crippen MR) is 96.0 cm³/mol. The van der Waals surface area contributed by atoms with Crippen LogP contribution in [0.1, 0.15) is 48.9 Å². The molecule has 0 aromatic heterocycles. The number of nitrogens with zero attached hydrogens (tertiary/aromatic N) is 1. The van der Waals surface area contributed by atoms with Crippen molar-refractivity contribution in [2.75, 3.05) is 34.9 Å². The smallest absolute Gasteiger partial charge is 0.255 e. The number of likely N-dealkylation sites (N-methyl/N-ethyl adjacent to an activating group) is 1. The molecule has 1 aromatic carbocycles. The molecular formula is C19H30N2O3. The Balaban J connectivity index is 2.11. The van der Waals surface area contributed by atoms with E-state index in [0.717, 1.165) is 12.8 Å². The molecule has 1 aliphatic rings. The SMILES string of the molecule is COc1ccc(C(=O)NCC2(N(C)C)CCCCCC2)c(OC)c1. The van der Waals surface area contributed by atoms with Crippen molar-refractivity contribution >= 4 is 5.91 Å². The van der Waals surface area contributed by atoms with E-state index in [-0.39, 0.29) is 11.4 Å². The summed E-state index contributed by atoms with van der Waals surface area (Å²) < 4.78 is 10.5. The van der Waals surface area contributed by atoms with Crippen LogP contribution >= 0.6 is 0 Å². The lowest BCUT2D eigenvalue weighted by Crippen LogP contribution is -2.52. The first-order valence-electron chi connectivity index (χ1n) is 8.70. The molecule has 0 atom stereocenters. The molecule has 0 radical (unpaired) electrons. The molecule has 1 N–H and O–H groups in total. The summed E-state index contributed by atoms with van der Waals surface area (Å²) in [5.41, 5.74) is 0.590. The molecule has 24 heavy (non-hydrogen) atoms. The van der Waals surface area contributed by atoms with E-state index >= 15 is 0 Å². The van der Waals surface area contributed by atoms with Gasteiger partial charge in [0.05, 0.1) is 19.8 Å². The van der Waals surface area contributed by atoms with Crippen LogP contribution in [0, 0.1) is 0 Å². The van der Waals surface area contributed by atoms with Crippen molar-refractivity contribution in [3.63, 3.8) is 0 Å². The molecule has 2 rings (SSSR count). The Morgan fingerprint density at radius 2 is 1.79 bits per heavy atom. The first-order valence-corrected chi connectivity index (χ1v) is 8.70. The molecule has 134 valence electrons. The number of methoxy groups -OCH3 is 2. The molecule has 0 unspecified atom stereocenters. The molecule has 0 saturated heterocycles. The molecule has 1 fully saturated rings. The molecule has 5 heteroatoms. The summed E-state index contributed by atoms with van der Waals surface area (Å²) in [5, 5.41) is 3.13. The third kappa shape index (κ3) is 4.20. The van der Waals surface area contributed by atoms with Crippen LogP contribution in [-0.2, 0) is 0 Å². The lowest BCUT2D eigenvalue weighted by molar-refractivity contribution is 0.0866. The van der Waals surface area contributed by atoms with Gasteiger partial charge in [0.15, 0.2) is 0 Å². The van der Waals surface area contributed by atoms with E-state index in [1.165, 1.54) is 25.7 Å². The Hall–Kier alpha value is -1.75. The number of amides is 1. The van der Waals surface area contributed by atoms with Crippen LogP contribution in [0.3, 0.4) is 0 Å². The fourth-order valence-corrected chi connectivity index (χ4v) is 3.49. The van der Waals surface area contributed by atoms with Gasteiger partial charge in [-0.1, -0.05) is 25.7 Å². The lowest BCUT2D eigenvalue weighted by atomic mass is 9.88. The van der Waals surface area contributed by atoms with Crippen LogP contribution in [0.15, 0.2) is 18.2 Å². The van der Waals surface area contributed by atoms with Gasteiger partial charge >= 0.3 is 0 Å². The van der Waals surface area contributed by atoms with Gasteiger partial charge in [0.2, 0.25) is 0 Å². The Morgan fingerprint density at radius 3 is 2.33 bits per heavy atom. The third-order valence-electron chi connectivity index (χ3n) is 5.21. The summed E-state index contributed by atoms with van der Waals surface area (Å²) in [5.74, 6) is 1.11. The number of benzene rings is 1. The monoisotopic (exact) mass is 334 g/mol. The number of nitrogens with one attached hydrogen (secondary N) is 1. The molecule has 1 amide bonds. The molecular weight excluding hydrogens is 304 g/mol. The highest BCUT2D eigenvalue weighted by atomic mass is 16.5. The predicted octanol–water partition coefficient (Wildman–Crippen LogP) is 3.09. The quantitative estimate of drug-likeness (QED) is 0.812. The minimum Gasteiger partial charge on any atom is -0.497 e. The van der Waals surface area contributed by atoms with Crippen molar-refractivity contribution in [3.05, 3.63) is 23.8 Å². The highest BCUT2D eigenvalue weighted by Gasteiger charge is 2.33. The van der Waals surface area contributed by atoms with Crippen molar-refractivity contribution in [2.45, 2.75) is 44.1 Å². The second kappa shape index (κ2) is 8.38. The van der Waals surface area contributed by atoms with E-state index in [2.05, 4.69) is 24.3 Å². The number of ether oxygens (including phenoxy) is 2. The molecule has 0 spiro atoms. The molecule has 1 aliphatic carbocycles. The zero-order valence-electron chi connectivity index (χ0n) is 15.4. The number of carbonyl (C=O) groups is 1. The minimum atomic E-state index is -0.0972. The maximum atomic E-state index is 12.7. The fourth-order valence-electron chi connectivity index (χ4n) is 3.49. The van der Waals surface area contributed by atoms with Gasteiger partial charge in [0.25, 0.3) is 5.91 Å². The third-order valence-corrected chi connectivity index (χ3v) is 5.21. The maximum absolute atomic E-state index is 12.7. The zero-order chi connectivity index (χ0) is 17.6. The van der Waals surface area contributed by atoms with E-state index < -0.39 is 0 Å². The van der Waals surface area contributed by atoms with E-state index in [0.29, 0.717) is 23.6 Å². The Morgan fingerprint density at radius 1 is 1.12 bits per heavy atom. The van der Waals surface area contributed by atoms with Crippen LogP contribution in [0.5, 0.6) is 11.5 Å². The highest BCUT2D eigenvalue weighted by Crippen LogP contribution is 2.31. The lowest BCUT2D eigenvalue weighted by Gasteiger charge is -2.39. The normalized spacial score (nSPS) is 17.2. The van der Waals surface area contributed by atoms with E-state index in [4.69, 9.17) is 9.47 Å². The summed E-state index contributed by atoms with van der Waals surface area (Å²) in [6.45, 7) is 0.661. The van der Waals surface area contributed by atoms with Gasteiger partial charge in [-0.15, -0.1) is 0 Å². The number of hydrogen-bond acceptors (Lipinski definition) is 4. The van der Waals surface area contributed by atoms with Crippen LogP contribution < -0.4 is 14.8 Å². The van der Waals surface area contributed by atoms with Gasteiger partial charge in [0, 0.05) is 18.2 Å². The van der Waals surface area contributed by atoms with Gasteiger partial charge in [-0.3, -0.25) is 4.79 Å². The van der Waals surface area contributed by atoms with Gasteiger partial charge in [-0.25, -0.2) is 0 Å². The highest BCUT2D eigenvalue weighted by molar-refractivity contribution is 5.97. The second-order valence-corrected chi connectivity index (χ2v) is 6.78. The van der Waals surface area contributed by atoms with E-state index in [9.17, 15) is 4.79 Å². The number of carbonyl (C=O) groups excluding carboxylic acids is 1. The molecule has 0 heterocycles. The van der Waals surface area contributed by atoms with E-state index in [1.807, 2.05) is 0 Å². The Kier molecular flexibility index (Phi) is 6.49. The maximum Gasteiger partial charge on any atom is 0.255 e. The van der Waals surface area contributed by atoms with Crippen LogP contribution in [0.25, 0.3) is 0 Å². The summed E-state index contributed by atoms with van der Waals surface area (Å²) in [6, 6.07) is 5.27. The standard InChI is InChI=1S/C19H30N2O3/c1-21(2)19(11-7-5-6-8-12-19)14-20-18(22)16-10-9-15(23-3)13-17(16)24-4/h9-10,13H,5-8,11-12,14H2,1-4H3,(H,20,22). The summed E-state index contributed by atoms with van der Waals surface area (Å²) >= 11 is 0. The fraction of sp³-hybridized carbons (Fsp3) is 0.632. The van der Waals surface area contributed by atoms with Gasteiger partial charge in [0.1, 0.15) is 11.5 Å². The van der Waals surface area contributed by atoms with Crippen LogP contribution in [0.2, 0.25) is 0 Å². The summed E-state index contributed by atoms with van der Waals surface area (Å²) in [4.78, 5) is 14.9. The Labute approximate surface area is 145 Å².